The van der Waals surface area contributed by atoms with Crippen molar-refractivity contribution in [3.05, 3.63) is 29.3 Å². The van der Waals surface area contributed by atoms with Gasteiger partial charge in [0.15, 0.2) is 6.61 Å². The molecule has 0 N–H and O–H groups in total. The molecule has 2 amide bonds. The maximum absolute atomic E-state index is 12.3. The fourth-order valence-corrected chi connectivity index (χ4v) is 2.72. The van der Waals surface area contributed by atoms with Gasteiger partial charge in [-0.3, -0.25) is 9.59 Å². The van der Waals surface area contributed by atoms with Crippen molar-refractivity contribution in [1.29, 1.82) is 0 Å². The van der Waals surface area contributed by atoms with Crippen molar-refractivity contribution in [3.8, 4) is 5.75 Å². The van der Waals surface area contributed by atoms with Crippen LogP contribution in [0.2, 0.25) is 0 Å². The highest BCUT2D eigenvalue weighted by Gasteiger charge is 2.24. The number of hydrogen-bond donors (Lipinski definition) is 0. The van der Waals surface area contributed by atoms with E-state index in [-0.39, 0.29) is 18.4 Å². The van der Waals surface area contributed by atoms with Crippen molar-refractivity contribution < 1.29 is 14.3 Å². The predicted molar refractivity (Wildman–Crippen MR) is 94.0 cm³/mol. The molecular weight excluding hydrogens is 304 g/mol. The van der Waals surface area contributed by atoms with E-state index in [9.17, 15) is 9.59 Å². The molecule has 2 rings (SSSR count). The second-order valence-electron chi connectivity index (χ2n) is 6.89. The summed E-state index contributed by atoms with van der Waals surface area (Å²) in [7, 11) is 0. The van der Waals surface area contributed by atoms with E-state index < -0.39 is 0 Å². The molecule has 1 fully saturated rings. The number of hydrogen-bond acceptors (Lipinski definition) is 3. The molecule has 132 valence electrons. The van der Waals surface area contributed by atoms with Crippen LogP contribution in [0, 0.1) is 19.8 Å². The Bertz CT molecular complexity index is 590. The van der Waals surface area contributed by atoms with Gasteiger partial charge in [0, 0.05) is 32.6 Å². The number of rotatable bonds is 5. The lowest BCUT2D eigenvalue weighted by Gasteiger charge is -2.35. The smallest absolute Gasteiger partial charge is 0.260 e. The Balaban J connectivity index is 1.78. The van der Waals surface area contributed by atoms with E-state index in [0.29, 0.717) is 38.5 Å². The molecule has 1 aromatic carbocycles. The normalized spacial score (nSPS) is 14.9. The van der Waals surface area contributed by atoms with Gasteiger partial charge in [-0.1, -0.05) is 19.9 Å². The Morgan fingerprint density at radius 2 is 1.58 bits per heavy atom. The molecule has 0 spiro atoms. The van der Waals surface area contributed by atoms with Gasteiger partial charge in [-0.25, -0.2) is 0 Å². The summed E-state index contributed by atoms with van der Waals surface area (Å²) in [6, 6.07) is 5.83. The average molecular weight is 332 g/mol. The molecule has 1 heterocycles. The van der Waals surface area contributed by atoms with E-state index in [1.54, 1.807) is 4.90 Å². The first-order valence-electron chi connectivity index (χ1n) is 8.62. The largest absolute Gasteiger partial charge is 0.484 e. The molecule has 5 nitrogen and oxygen atoms in total. The van der Waals surface area contributed by atoms with Crippen LogP contribution in [0.5, 0.6) is 5.75 Å². The van der Waals surface area contributed by atoms with Crippen LogP contribution in [0.3, 0.4) is 0 Å². The predicted octanol–water partition coefficient (Wildman–Crippen LogP) is 2.40. The molecule has 0 bridgehead atoms. The summed E-state index contributed by atoms with van der Waals surface area (Å²) in [5.74, 6) is 1.24. The minimum Gasteiger partial charge on any atom is -0.484 e. The van der Waals surface area contributed by atoms with Crippen LogP contribution >= 0.6 is 0 Å². The number of piperazine rings is 1. The van der Waals surface area contributed by atoms with Gasteiger partial charge >= 0.3 is 0 Å². The summed E-state index contributed by atoms with van der Waals surface area (Å²) in [5, 5.41) is 0. The summed E-state index contributed by atoms with van der Waals surface area (Å²) >= 11 is 0. The SMILES string of the molecule is Cc1ccc(OCC(=O)N2CCN(C(=O)CC(C)C)CC2)cc1C. The number of ether oxygens (including phenoxy) is 1. The van der Waals surface area contributed by atoms with E-state index in [1.807, 2.05) is 50.8 Å². The van der Waals surface area contributed by atoms with Crippen LogP contribution in [0.1, 0.15) is 31.4 Å². The average Bonchev–Trinajstić information content (AvgIpc) is 2.55. The third kappa shape index (κ3) is 4.98. The molecule has 1 aliphatic heterocycles. The molecule has 0 aliphatic carbocycles. The number of carbonyl (C=O) groups is 2. The van der Waals surface area contributed by atoms with Gasteiger partial charge in [0.05, 0.1) is 0 Å². The molecule has 0 atom stereocenters. The molecule has 0 unspecified atom stereocenters. The second-order valence-corrected chi connectivity index (χ2v) is 6.89. The first-order valence-corrected chi connectivity index (χ1v) is 8.62. The Labute approximate surface area is 144 Å². The Kier molecular flexibility index (Phi) is 6.23. The van der Waals surface area contributed by atoms with Gasteiger partial charge < -0.3 is 14.5 Å². The van der Waals surface area contributed by atoms with Crippen molar-refractivity contribution in [3.63, 3.8) is 0 Å². The topological polar surface area (TPSA) is 49.9 Å². The fourth-order valence-electron chi connectivity index (χ4n) is 2.72. The van der Waals surface area contributed by atoms with E-state index >= 15 is 0 Å². The summed E-state index contributed by atoms with van der Waals surface area (Å²) in [6.07, 6.45) is 0.573. The van der Waals surface area contributed by atoms with E-state index in [1.165, 1.54) is 5.56 Å². The molecular formula is C19H28N2O3. The lowest BCUT2D eigenvalue weighted by Crippen LogP contribution is -2.51. The zero-order chi connectivity index (χ0) is 17.7. The van der Waals surface area contributed by atoms with Crippen LogP contribution in [0.4, 0.5) is 0 Å². The van der Waals surface area contributed by atoms with Gasteiger partial charge in [-0.15, -0.1) is 0 Å². The molecule has 1 aliphatic rings. The van der Waals surface area contributed by atoms with Crippen LogP contribution in [-0.2, 0) is 9.59 Å². The molecule has 0 aromatic heterocycles. The highest BCUT2D eigenvalue weighted by atomic mass is 16.5. The highest BCUT2D eigenvalue weighted by Crippen LogP contribution is 2.16. The molecule has 1 aromatic rings. The van der Waals surface area contributed by atoms with Crippen molar-refractivity contribution in [2.24, 2.45) is 5.92 Å². The zero-order valence-corrected chi connectivity index (χ0v) is 15.2. The molecule has 5 heteroatoms. The lowest BCUT2D eigenvalue weighted by molar-refractivity contribution is -0.141. The van der Waals surface area contributed by atoms with Crippen molar-refractivity contribution in [1.82, 2.24) is 9.80 Å². The molecule has 0 radical (unpaired) electrons. The first kappa shape index (κ1) is 18.3. The number of nitrogens with zero attached hydrogens (tertiary/aromatic N) is 2. The summed E-state index contributed by atoms with van der Waals surface area (Å²) < 4.78 is 5.61. The monoisotopic (exact) mass is 332 g/mol. The van der Waals surface area contributed by atoms with E-state index in [0.717, 1.165) is 11.3 Å². The van der Waals surface area contributed by atoms with Crippen LogP contribution in [-0.4, -0.2) is 54.4 Å². The number of aryl methyl sites for hydroxylation is 2. The third-order valence-corrected chi connectivity index (χ3v) is 4.41. The Morgan fingerprint density at radius 3 is 2.12 bits per heavy atom. The van der Waals surface area contributed by atoms with Gasteiger partial charge in [-0.05, 0) is 43.0 Å². The quantitative estimate of drug-likeness (QED) is 0.832. The van der Waals surface area contributed by atoms with Crippen molar-refractivity contribution in [2.75, 3.05) is 32.8 Å². The van der Waals surface area contributed by atoms with Gasteiger partial charge in [-0.2, -0.15) is 0 Å². The fraction of sp³-hybridized carbons (Fsp3) is 0.579. The second kappa shape index (κ2) is 8.18. The maximum atomic E-state index is 12.3. The minimum atomic E-state index is -0.0239. The molecule has 1 saturated heterocycles. The standard InChI is InChI=1S/C19H28N2O3/c1-14(2)11-18(22)20-7-9-21(10-8-20)19(23)13-24-17-6-5-15(3)16(4)12-17/h5-6,12,14H,7-11,13H2,1-4H3. The summed E-state index contributed by atoms with van der Waals surface area (Å²) in [6.45, 7) is 10.6. The van der Waals surface area contributed by atoms with Crippen LogP contribution < -0.4 is 4.74 Å². The van der Waals surface area contributed by atoms with Crippen molar-refractivity contribution in [2.45, 2.75) is 34.1 Å². The van der Waals surface area contributed by atoms with Crippen LogP contribution in [0.25, 0.3) is 0 Å². The maximum Gasteiger partial charge on any atom is 0.260 e. The Hall–Kier alpha value is -2.04. The highest BCUT2D eigenvalue weighted by molar-refractivity contribution is 5.79. The number of amides is 2. The minimum absolute atomic E-state index is 0.0239. The van der Waals surface area contributed by atoms with Gasteiger partial charge in [0.2, 0.25) is 5.91 Å². The van der Waals surface area contributed by atoms with E-state index in [4.69, 9.17) is 4.74 Å². The van der Waals surface area contributed by atoms with E-state index in [2.05, 4.69) is 0 Å². The molecule has 0 saturated carbocycles. The summed E-state index contributed by atoms with van der Waals surface area (Å²) in [4.78, 5) is 28.0. The number of carbonyl (C=O) groups excluding carboxylic acids is 2. The lowest BCUT2D eigenvalue weighted by atomic mass is 10.1. The Morgan fingerprint density at radius 1 is 1.00 bits per heavy atom. The zero-order valence-electron chi connectivity index (χ0n) is 15.2. The molecule has 24 heavy (non-hydrogen) atoms. The van der Waals surface area contributed by atoms with Gasteiger partial charge in [0.25, 0.3) is 5.91 Å². The van der Waals surface area contributed by atoms with Crippen molar-refractivity contribution >= 4 is 11.8 Å². The third-order valence-electron chi connectivity index (χ3n) is 4.41. The number of benzene rings is 1. The summed E-state index contributed by atoms with van der Waals surface area (Å²) in [5.41, 5.74) is 2.35. The first-order chi connectivity index (χ1) is 11.4. The van der Waals surface area contributed by atoms with Gasteiger partial charge in [0.1, 0.15) is 5.75 Å². The van der Waals surface area contributed by atoms with Crippen LogP contribution in [0.15, 0.2) is 18.2 Å².